The molecule has 0 bridgehead atoms. The van der Waals surface area contributed by atoms with Crippen LogP contribution in [0.1, 0.15) is 43.9 Å². The van der Waals surface area contributed by atoms with Crippen molar-refractivity contribution < 1.29 is 19.4 Å². The largest absolute Gasteiger partial charge is 0.492 e. The van der Waals surface area contributed by atoms with Crippen LogP contribution in [0.2, 0.25) is 0 Å². The number of amides is 2. The van der Waals surface area contributed by atoms with E-state index in [0.717, 1.165) is 62.5 Å². The fraction of sp³-hybridized carbons (Fsp3) is 0.552. The Morgan fingerprint density at radius 3 is 2.74 bits per heavy atom. The first kappa shape index (κ1) is 27.7. The van der Waals surface area contributed by atoms with Gasteiger partial charge in [-0.1, -0.05) is 31.2 Å². The van der Waals surface area contributed by atoms with E-state index in [-0.39, 0.29) is 6.03 Å². The third-order valence-corrected chi connectivity index (χ3v) is 7.21. The fourth-order valence-corrected chi connectivity index (χ4v) is 4.97. The number of nitrogens with one attached hydrogen (secondary N) is 2. The maximum atomic E-state index is 12.4. The number of aliphatic carboxylic acids is 1. The lowest BCUT2D eigenvalue weighted by Gasteiger charge is -2.37. The number of anilines is 1. The summed E-state index contributed by atoms with van der Waals surface area (Å²) >= 11 is 0. The van der Waals surface area contributed by atoms with Gasteiger partial charge in [0.2, 0.25) is 0 Å². The summed E-state index contributed by atoms with van der Waals surface area (Å²) in [7, 11) is 0. The van der Waals surface area contributed by atoms with Crippen molar-refractivity contribution in [3.63, 3.8) is 0 Å². The number of aromatic nitrogens is 1. The number of para-hydroxylation sites is 1. The molecule has 1 aromatic carbocycles. The number of rotatable bonds is 14. The number of carboxylic acids is 1. The van der Waals surface area contributed by atoms with Gasteiger partial charge in [-0.25, -0.2) is 14.6 Å². The topological polar surface area (TPSA) is 107 Å². The molecule has 9 heteroatoms. The highest BCUT2D eigenvalue weighted by Gasteiger charge is 2.30. The summed E-state index contributed by atoms with van der Waals surface area (Å²) in [4.78, 5) is 33.0. The van der Waals surface area contributed by atoms with Gasteiger partial charge in [0, 0.05) is 38.4 Å². The number of likely N-dealkylation sites (tertiary alicyclic amines) is 1. The van der Waals surface area contributed by atoms with Crippen molar-refractivity contribution in [1.82, 2.24) is 20.1 Å². The number of benzene rings is 1. The molecular formula is C29H41N5O4. The quantitative estimate of drug-likeness (QED) is 0.325. The third-order valence-electron chi connectivity index (χ3n) is 7.21. The average molecular weight is 524 g/mol. The molecule has 3 N–H and O–H groups in total. The number of carbonyl (C=O) groups excluding carboxylic acids is 1. The smallest absolute Gasteiger partial charge is 0.326 e. The van der Waals surface area contributed by atoms with E-state index in [9.17, 15) is 14.7 Å². The Bertz CT molecular complexity index is 1040. The molecule has 206 valence electrons. The van der Waals surface area contributed by atoms with Crippen molar-refractivity contribution in [3.8, 4) is 5.75 Å². The standard InChI is InChI=1S/C29H41N5O4/c1-22-20-34(21-22)29(37)32-26(28(35)36)14-17-33(18-19-38-25-10-3-2-4-11-25)16-6-5-9-24-13-12-23-8-7-15-30-27(23)31-24/h2-4,10-13,22,26H,5-9,14-21H2,1H3,(H,30,31)(H,32,37)(H,35,36)/t26-/m0/s1. The summed E-state index contributed by atoms with van der Waals surface area (Å²) in [6, 6.07) is 12.8. The maximum absolute atomic E-state index is 12.4. The molecule has 38 heavy (non-hydrogen) atoms. The van der Waals surface area contributed by atoms with E-state index in [2.05, 4.69) is 34.6 Å². The first-order valence-electron chi connectivity index (χ1n) is 13.9. The second kappa shape index (κ2) is 14.0. The van der Waals surface area contributed by atoms with Crippen LogP contribution in [0, 0.1) is 5.92 Å². The Labute approximate surface area is 225 Å². The van der Waals surface area contributed by atoms with Gasteiger partial charge in [-0.15, -0.1) is 0 Å². The zero-order chi connectivity index (χ0) is 26.7. The predicted molar refractivity (Wildman–Crippen MR) is 148 cm³/mol. The van der Waals surface area contributed by atoms with Crippen LogP contribution in [0.5, 0.6) is 5.75 Å². The van der Waals surface area contributed by atoms with Gasteiger partial charge in [0.25, 0.3) is 0 Å². The van der Waals surface area contributed by atoms with Crippen LogP contribution >= 0.6 is 0 Å². The van der Waals surface area contributed by atoms with Gasteiger partial charge < -0.3 is 25.4 Å². The van der Waals surface area contributed by atoms with Crippen LogP contribution < -0.4 is 15.4 Å². The molecule has 2 aliphatic heterocycles. The molecule has 2 aromatic rings. The molecule has 1 aromatic heterocycles. The number of nitrogens with zero attached hydrogens (tertiary/aromatic N) is 3. The molecule has 0 unspecified atom stereocenters. The molecule has 2 amide bonds. The van der Waals surface area contributed by atoms with Crippen molar-refractivity contribution in [3.05, 3.63) is 53.7 Å². The molecule has 9 nitrogen and oxygen atoms in total. The second-order valence-corrected chi connectivity index (χ2v) is 10.4. The Morgan fingerprint density at radius 1 is 1.16 bits per heavy atom. The van der Waals surface area contributed by atoms with Gasteiger partial charge in [-0.2, -0.15) is 0 Å². The van der Waals surface area contributed by atoms with Gasteiger partial charge in [0.05, 0.1) is 0 Å². The normalized spacial score (nSPS) is 15.8. The number of hydrogen-bond donors (Lipinski definition) is 3. The SMILES string of the molecule is CC1CN(C(=O)N[C@@H](CCN(CCCCc2ccc3c(n2)NCCC3)CCOc2ccccc2)C(=O)O)C1. The first-order valence-corrected chi connectivity index (χ1v) is 13.9. The molecule has 0 radical (unpaired) electrons. The Morgan fingerprint density at radius 2 is 1.97 bits per heavy atom. The highest BCUT2D eigenvalue weighted by Crippen LogP contribution is 2.20. The summed E-state index contributed by atoms with van der Waals surface area (Å²) in [5, 5.41) is 15.8. The minimum absolute atomic E-state index is 0.290. The first-order chi connectivity index (χ1) is 18.5. The van der Waals surface area contributed by atoms with Gasteiger partial charge >= 0.3 is 12.0 Å². The number of carbonyl (C=O) groups is 2. The van der Waals surface area contributed by atoms with Crippen molar-refractivity contribution in [1.29, 1.82) is 0 Å². The van der Waals surface area contributed by atoms with Crippen LogP contribution in [0.3, 0.4) is 0 Å². The van der Waals surface area contributed by atoms with Crippen LogP contribution in [0.25, 0.3) is 0 Å². The summed E-state index contributed by atoms with van der Waals surface area (Å²) < 4.78 is 5.90. The van der Waals surface area contributed by atoms with E-state index >= 15 is 0 Å². The lowest BCUT2D eigenvalue weighted by molar-refractivity contribution is -0.139. The highest BCUT2D eigenvalue weighted by atomic mass is 16.5. The number of pyridine rings is 1. The molecule has 1 atom stereocenters. The Balaban J connectivity index is 1.26. The number of carboxylic acid groups (broad SMARTS) is 1. The lowest BCUT2D eigenvalue weighted by Crippen LogP contribution is -2.56. The number of fused-ring (bicyclic) bond motifs is 1. The molecule has 0 saturated carbocycles. The maximum Gasteiger partial charge on any atom is 0.326 e. The van der Waals surface area contributed by atoms with Crippen molar-refractivity contribution in [2.75, 3.05) is 51.2 Å². The van der Waals surface area contributed by atoms with Gasteiger partial charge in [-0.3, -0.25) is 4.90 Å². The van der Waals surface area contributed by atoms with E-state index < -0.39 is 12.0 Å². The summed E-state index contributed by atoms with van der Waals surface area (Å²) in [6.07, 6.45) is 5.45. The van der Waals surface area contributed by atoms with Crippen LogP contribution in [0.15, 0.2) is 42.5 Å². The number of urea groups is 1. The van der Waals surface area contributed by atoms with Gasteiger partial charge in [-0.05, 0) is 74.8 Å². The van der Waals surface area contributed by atoms with Crippen molar-refractivity contribution in [2.24, 2.45) is 5.92 Å². The zero-order valence-corrected chi connectivity index (χ0v) is 22.4. The number of hydrogen-bond acceptors (Lipinski definition) is 6. The predicted octanol–water partition coefficient (Wildman–Crippen LogP) is 3.65. The van der Waals surface area contributed by atoms with Crippen molar-refractivity contribution >= 4 is 17.8 Å². The number of unbranched alkanes of at least 4 members (excludes halogenated alkanes) is 1. The van der Waals surface area contributed by atoms with Crippen molar-refractivity contribution in [2.45, 2.75) is 51.5 Å². The van der Waals surface area contributed by atoms with E-state index in [1.54, 1.807) is 4.90 Å². The molecule has 0 aliphatic carbocycles. The average Bonchev–Trinajstić information content (AvgIpc) is 2.91. The van der Waals surface area contributed by atoms with E-state index in [1.807, 2.05) is 30.3 Å². The molecule has 1 fully saturated rings. The van der Waals surface area contributed by atoms with E-state index in [4.69, 9.17) is 9.72 Å². The summed E-state index contributed by atoms with van der Waals surface area (Å²) in [5.41, 5.74) is 2.40. The van der Waals surface area contributed by atoms with Crippen LogP contribution in [-0.2, 0) is 17.6 Å². The molecule has 3 heterocycles. The monoisotopic (exact) mass is 523 g/mol. The summed E-state index contributed by atoms with van der Waals surface area (Å²) in [5.74, 6) is 1.32. The molecule has 4 rings (SSSR count). The Hall–Kier alpha value is -3.33. The molecular weight excluding hydrogens is 482 g/mol. The van der Waals surface area contributed by atoms with E-state index in [1.165, 1.54) is 5.56 Å². The minimum atomic E-state index is -1.00. The van der Waals surface area contributed by atoms with Gasteiger partial charge in [0.15, 0.2) is 0 Å². The second-order valence-electron chi connectivity index (χ2n) is 10.4. The molecule has 1 saturated heterocycles. The van der Waals surface area contributed by atoms with Crippen LogP contribution in [0.4, 0.5) is 10.6 Å². The fourth-order valence-electron chi connectivity index (χ4n) is 4.97. The van der Waals surface area contributed by atoms with Crippen LogP contribution in [-0.4, -0.2) is 83.8 Å². The Kier molecular flexibility index (Phi) is 10.2. The third kappa shape index (κ3) is 8.34. The van der Waals surface area contributed by atoms with E-state index in [0.29, 0.717) is 45.1 Å². The highest BCUT2D eigenvalue weighted by molar-refractivity contribution is 5.82. The number of ether oxygens (including phenoxy) is 1. The summed E-state index contributed by atoms with van der Waals surface area (Å²) in [6.45, 7) is 6.99. The molecule has 0 spiro atoms. The molecule has 2 aliphatic rings. The lowest BCUT2D eigenvalue weighted by atomic mass is 10.0. The minimum Gasteiger partial charge on any atom is -0.492 e. The number of aryl methyl sites for hydroxylation is 2. The zero-order valence-electron chi connectivity index (χ0n) is 22.4. The van der Waals surface area contributed by atoms with Gasteiger partial charge in [0.1, 0.15) is 24.2 Å².